The Morgan fingerprint density at radius 2 is 2.26 bits per heavy atom. The molecular weight excluding hydrogens is 242 g/mol. The van der Waals surface area contributed by atoms with Crippen molar-refractivity contribution in [3.63, 3.8) is 0 Å². The minimum Gasteiger partial charge on any atom is -0.354 e. The normalized spacial score (nSPS) is 12.8. The van der Waals surface area contributed by atoms with Crippen LogP contribution in [0.25, 0.3) is 11.0 Å². The second-order valence-corrected chi connectivity index (χ2v) is 4.94. The number of amides is 1. The van der Waals surface area contributed by atoms with Gasteiger partial charge in [-0.3, -0.25) is 14.2 Å². The van der Waals surface area contributed by atoms with E-state index < -0.39 is 0 Å². The number of hydrogen-bond acceptors (Lipinski definition) is 3. The average molecular weight is 263 g/mol. The highest BCUT2D eigenvalue weighted by molar-refractivity contribution is 5.78. The molecule has 0 radical (unpaired) electrons. The van der Waals surface area contributed by atoms with Crippen molar-refractivity contribution in [3.8, 4) is 0 Å². The number of nitrogens with zero attached hydrogens (tertiary/aromatic N) is 4. The van der Waals surface area contributed by atoms with E-state index in [1.165, 1.54) is 0 Å². The molecule has 0 saturated heterocycles. The highest BCUT2D eigenvalue weighted by atomic mass is 16.1. The van der Waals surface area contributed by atoms with Gasteiger partial charge in [0.25, 0.3) is 0 Å². The number of fused-ring (bicyclic) bond motifs is 1. The van der Waals surface area contributed by atoms with Crippen LogP contribution in [-0.4, -0.2) is 31.5 Å². The topological polar surface area (TPSA) is 64.7 Å². The van der Waals surface area contributed by atoms with Gasteiger partial charge in [0, 0.05) is 19.5 Å². The van der Waals surface area contributed by atoms with E-state index in [0.29, 0.717) is 13.0 Å². The van der Waals surface area contributed by atoms with Crippen LogP contribution in [0.4, 0.5) is 0 Å². The number of aryl methyl sites for hydroxylation is 3. The van der Waals surface area contributed by atoms with Gasteiger partial charge in [0.05, 0.1) is 18.4 Å². The molecule has 0 aromatic carbocycles. The summed E-state index contributed by atoms with van der Waals surface area (Å²) < 4.78 is 3.67. The number of hydrogen-bond donors (Lipinski definition) is 1. The third-order valence-electron chi connectivity index (χ3n) is 3.38. The third-order valence-corrected chi connectivity index (χ3v) is 3.38. The van der Waals surface area contributed by atoms with Crippen LogP contribution in [0.1, 0.15) is 32.4 Å². The Bertz CT molecular complexity index is 583. The predicted molar refractivity (Wildman–Crippen MR) is 73.7 cm³/mol. The van der Waals surface area contributed by atoms with Crippen molar-refractivity contribution in [2.45, 2.75) is 46.2 Å². The van der Waals surface area contributed by atoms with Gasteiger partial charge >= 0.3 is 0 Å². The van der Waals surface area contributed by atoms with Gasteiger partial charge in [-0.05, 0) is 20.3 Å². The van der Waals surface area contributed by atoms with E-state index in [2.05, 4.69) is 22.4 Å². The molecule has 19 heavy (non-hydrogen) atoms. The van der Waals surface area contributed by atoms with Gasteiger partial charge in [-0.15, -0.1) is 0 Å². The Morgan fingerprint density at radius 1 is 1.53 bits per heavy atom. The van der Waals surface area contributed by atoms with Crippen molar-refractivity contribution >= 4 is 16.9 Å². The van der Waals surface area contributed by atoms with Crippen LogP contribution in [0.5, 0.6) is 0 Å². The molecule has 6 heteroatoms. The van der Waals surface area contributed by atoms with Gasteiger partial charge in [-0.1, -0.05) is 6.92 Å². The van der Waals surface area contributed by atoms with E-state index in [-0.39, 0.29) is 11.9 Å². The Morgan fingerprint density at radius 3 is 2.95 bits per heavy atom. The lowest BCUT2D eigenvalue weighted by Gasteiger charge is -2.11. The molecule has 0 spiro atoms. The summed E-state index contributed by atoms with van der Waals surface area (Å²) >= 11 is 0. The number of carbonyl (C=O) groups excluding carboxylic acids is 1. The van der Waals surface area contributed by atoms with Crippen LogP contribution in [0.3, 0.4) is 0 Å². The van der Waals surface area contributed by atoms with E-state index in [4.69, 9.17) is 0 Å². The van der Waals surface area contributed by atoms with Crippen LogP contribution in [-0.2, 0) is 18.4 Å². The number of nitrogens with one attached hydrogen (secondary N) is 1. The summed E-state index contributed by atoms with van der Waals surface area (Å²) in [4.78, 5) is 11.8. The maximum absolute atomic E-state index is 11.8. The summed E-state index contributed by atoms with van der Waals surface area (Å²) in [5.41, 5.74) is 2.95. The van der Waals surface area contributed by atoms with Crippen molar-refractivity contribution in [2.75, 3.05) is 0 Å². The van der Waals surface area contributed by atoms with E-state index in [1.54, 1.807) is 6.20 Å². The molecule has 2 aromatic heterocycles. The van der Waals surface area contributed by atoms with Gasteiger partial charge in [-0.25, -0.2) is 0 Å². The summed E-state index contributed by atoms with van der Waals surface area (Å²) in [5.74, 6) is 0.0690. The molecule has 1 amide bonds. The van der Waals surface area contributed by atoms with Crippen molar-refractivity contribution in [3.05, 3.63) is 11.9 Å². The highest BCUT2D eigenvalue weighted by Gasteiger charge is 2.12. The van der Waals surface area contributed by atoms with E-state index >= 15 is 0 Å². The zero-order valence-electron chi connectivity index (χ0n) is 12.0. The smallest absolute Gasteiger partial charge is 0.222 e. The first-order valence-electron chi connectivity index (χ1n) is 6.67. The summed E-state index contributed by atoms with van der Waals surface area (Å²) in [7, 11) is 1.90. The maximum atomic E-state index is 11.8. The molecule has 0 aliphatic carbocycles. The Hall–Kier alpha value is -1.85. The SMILES string of the molecule is CCC(C)NC(=O)CCn1ncc2c1c(C)nn2C. The molecule has 2 heterocycles. The van der Waals surface area contributed by atoms with Crippen LogP contribution in [0.2, 0.25) is 0 Å². The van der Waals surface area contributed by atoms with Crippen LogP contribution >= 0.6 is 0 Å². The van der Waals surface area contributed by atoms with Crippen molar-refractivity contribution in [1.29, 1.82) is 0 Å². The predicted octanol–water partition coefficient (Wildman–Crippen LogP) is 1.38. The fraction of sp³-hybridized carbons (Fsp3) is 0.615. The van der Waals surface area contributed by atoms with Crippen molar-refractivity contribution < 1.29 is 4.79 Å². The largest absolute Gasteiger partial charge is 0.354 e. The van der Waals surface area contributed by atoms with Crippen LogP contribution in [0, 0.1) is 6.92 Å². The van der Waals surface area contributed by atoms with Crippen LogP contribution in [0.15, 0.2) is 6.20 Å². The standard InChI is InChI=1S/C13H21N5O/c1-5-9(2)15-12(19)6-7-18-13-10(3)16-17(4)11(13)8-14-18/h8-9H,5-7H2,1-4H3,(H,15,19). The molecule has 0 aliphatic rings. The third kappa shape index (κ3) is 2.77. The molecule has 6 nitrogen and oxygen atoms in total. The number of aromatic nitrogens is 4. The minimum absolute atomic E-state index is 0.0690. The summed E-state index contributed by atoms with van der Waals surface area (Å²) in [6.07, 6.45) is 3.18. The Balaban J connectivity index is 2.04. The lowest BCUT2D eigenvalue weighted by molar-refractivity contribution is -0.121. The molecule has 0 fully saturated rings. The van der Waals surface area contributed by atoms with Gasteiger partial charge in [0.15, 0.2) is 0 Å². The fourth-order valence-electron chi connectivity index (χ4n) is 2.14. The minimum atomic E-state index is 0.0690. The van der Waals surface area contributed by atoms with E-state index in [0.717, 1.165) is 23.1 Å². The number of rotatable bonds is 5. The monoisotopic (exact) mass is 263 g/mol. The first-order valence-corrected chi connectivity index (χ1v) is 6.67. The number of carbonyl (C=O) groups is 1. The first-order chi connectivity index (χ1) is 9.02. The zero-order chi connectivity index (χ0) is 14.0. The molecular formula is C13H21N5O. The molecule has 1 N–H and O–H groups in total. The van der Waals surface area contributed by atoms with Gasteiger partial charge in [0.2, 0.25) is 5.91 Å². The molecule has 1 unspecified atom stereocenters. The van der Waals surface area contributed by atoms with Gasteiger partial charge < -0.3 is 5.32 Å². The Kier molecular flexibility index (Phi) is 3.87. The van der Waals surface area contributed by atoms with E-state index in [1.807, 2.05) is 30.3 Å². The maximum Gasteiger partial charge on any atom is 0.222 e. The molecule has 2 rings (SSSR count). The second kappa shape index (κ2) is 5.42. The molecule has 104 valence electrons. The summed E-state index contributed by atoms with van der Waals surface area (Å²) in [5, 5.41) is 11.6. The molecule has 0 bridgehead atoms. The molecule has 1 atom stereocenters. The molecule has 0 saturated carbocycles. The summed E-state index contributed by atoms with van der Waals surface area (Å²) in [6.45, 7) is 6.61. The lowest BCUT2D eigenvalue weighted by atomic mass is 10.2. The summed E-state index contributed by atoms with van der Waals surface area (Å²) in [6, 6.07) is 0.227. The first kappa shape index (κ1) is 13.6. The van der Waals surface area contributed by atoms with Crippen molar-refractivity contribution in [2.24, 2.45) is 7.05 Å². The zero-order valence-corrected chi connectivity index (χ0v) is 12.0. The lowest BCUT2D eigenvalue weighted by Crippen LogP contribution is -2.32. The second-order valence-electron chi connectivity index (χ2n) is 4.94. The highest BCUT2D eigenvalue weighted by Crippen LogP contribution is 2.16. The quantitative estimate of drug-likeness (QED) is 0.886. The van der Waals surface area contributed by atoms with E-state index in [9.17, 15) is 4.79 Å². The van der Waals surface area contributed by atoms with Gasteiger partial charge in [0.1, 0.15) is 11.0 Å². The molecule has 2 aromatic rings. The van der Waals surface area contributed by atoms with Crippen molar-refractivity contribution in [1.82, 2.24) is 24.9 Å². The fourth-order valence-corrected chi connectivity index (χ4v) is 2.14. The average Bonchev–Trinajstić information content (AvgIpc) is 2.90. The van der Waals surface area contributed by atoms with Crippen LogP contribution < -0.4 is 5.32 Å². The van der Waals surface area contributed by atoms with Gasteiger partial charge in [-0.2, -0.15) is 10.2 Å². The molecule has 0 aliphatic heterocycles. The Labute approximate surface area is 112 Å².